The zero-order valence-corrected chi connectivity index (χ0v) is 10.1. The van der Waals surface area contributed by atoms with Crippen LogP contribution in [0.15, 0.2) is 28.8 Å². The molecule has 4 heteroatoms. The van der Waals surface area contributed by atoms with Crippen LogP contribution in [-0.4, -0.2) is 14.4 Å². The van der Waals surface area contributed by atoms with Crippen LogP contribution in [0.2, 0.25) is 0 Å². The van der Waals surface area contributed by atoms with E-state index in [1.165, 1.54) is 0 Å². The highest BCUT2D eigenvalue weighted by atomic mass is 16.3. The van der Waals surface area contributed by atoms with Crippen LogP contribution in [0.5, 0.6) is 0 Å². The Labute approximate surface area is 98.9 Å². The van der Waals surface area contributed by atoms with Crippen molar-refractivity contribution < 1.29 is 4.42 Å². The van der Waals surface area contributed by atoms with Crippen molar-refractivity contribution in [1.29, 1.82) is 0 Å². The molecule has 0 saturated heterocycles. The lowest BCUT2D eigenvalue weighted by atomic mass is 10.3. The van der Waals surface area contributed by atoms with E-state index in [1.54, 1.807) is 0 Å². The number of imidazole rings is 1. The molecule has 0 aliphatic heterocycles. The fourth-order valence-corrected chi connectivity index (χ4v) is 1.96. The Kier molecular flexibility index (Phi) is 2.04. The van der Waals surface area contributed by atoms with Gasteiger partial charge in [-0.15, -0.1) is 0 Å². The molecule has 86 valence electrons. The first kappa shape index (κ1) is 10.1. The highest BCUT2D eigenvalue weighted by molar-refractivity contribution is 5.56. The maximum absolute atomic E-state index is 5.57. The summed E-state index contributed by atoms with van der Waals surface area (Å²) in [6, 6.07) is 5.90. The molecule has 0 N–H and O–H groups in total. The number of aromatic nitrogens is 3. The van der Waals surface area contributed by atoms with Crippen molar-refractivity contribution in [2.24, 2.45) is 0 Å². The predicted octanol–water partition coefficient (Wildman–Crippen LogP) is 2.91. The van der Waals surface area contributed by atoms with Gasteiger partial charge in [-0.2, -0.15) is 0 Å². The molecule has 0 unspecified atom stereocenters. The first-order valence-electron chi connectivity index (χ1n) is 5.53. The van der Waals surface area contributed by atoms with E-state index in [0.29, 0.717) is 5.78 Å². The molecule has 4 nitrogen and oxygen atoms in total. The molecule has 3 rings (SSSR count). The van der Waals surface area contributed by atoms with Gasteiger partial charge in [0.05, 0.1) is 0 Å². The highest BCUT2D eigenvalue weighted by Crippen LogP contribution is 2.21. The summed E-state index contributed by atoms with van der Waals surface area (Å²) in [5, 5.41) is 0. The standard InChI is InChI=1S/C13H13N3O/c1-8-6-9(2)16-7-11(15-13(16)14-8)12-5-4-10(3)17-12/h4-7H,1-3H3. The van der Waals surface area contributed by atoms with E-state index in [1.807, 2.05) is 49.6 Å². The average Bonchev–Trinajstić information content (AvgIpc) is 2.83. The number of furan rings is 1. The van der Waals surface area contributed by atoms with E-state index in [0.717, 1.165) is 28.6 Å². The molecule has 0 fully saturated rings. The molecule has 3 heterocycles. The van der Waals surface area contributed by atoms with Gasteiger partial charge in [0, 0.05) is 17.6 Å². The van der Waals surface area contributed by atoms with Crippen LogP contribution < -0.4 is 0 Å². The van der Waals surface area contributed by atoms with Gasteiger partial charge >= 0.3 is 0 Å². The first-order valence-corrected chi connectivity index (χ1v) is 5.53. The Morgan fingerprint density at radius 2 is 1.94 bits per heavy atom. The summed E-state index contributed by atoms with van der Waals surface area (Å²) in [7, 11) is 0. The molecular weight excluding hydrogens is 214 g/mol. The SMILES string of the molecule is Cc1cc(C)n2cc(-c3ccc(C)o3)nc2n1. The summed E-state index contributed by atoms with van der Waals surface area (Å²) in [6.07, 6.45) is 1.95. The maximum atomic E-state index is 5.57. The third-order valence-electron chi connectivity index (χ3n) is 2.75. The zero-order valence-electron chi connectivity index (χ0n) is 10.1. The highest BCUT2D eigenvalue weighted by Gasteiger charge is 2.10. The Hall–Kier alpha value is -2.10. The van der Waals surface area contributed by atoms with Crippen LogP contribution in [0, 0.1) is 20.8 Å². The molecule has 0 aliphatic carbocycles. The number of hydrogen-bond acceptors (Lipinski definition) is 3. The van der Waals surface area contributed by atoms with Gasteiger partial charge in [0.1, 0.15) is 11.5 Å². The van der Waals surface area contributed by atoms with Crippen molar-refractivity contribution in [2.75, 3.05) is 0 Å². The Balaban J connectivity index is 2.23. The van der Waals surface area contributed by atoms with Crippen molar-refractivity contribution in [1.82, 2.24) is 14.4 Å². The van der Waals surface area contributed by atoms with Gasteiger partial charge in [-0.05, 0) is 39.0 Å². The van der Waals surface area contributed by atoms with Crippen LogP contribution in [0.25, 0.3) is 17.2 Å². The summed E-state index contributed by atoms with van der Waals surface area (Å²) in [5.41, 5.74) is 2.91. The lowest BCUT2D eigenvalue weighted by molar-refractivity contribution is 0.547. The third kappa shape index (κ3) is 1.62. The van der Waals surface area contributed by atoms with Gasteiger partial charge in [-0.3, -0.25) is 4.40 Å². The minimum Gasteiger partial charge on any atom is -0.460 e. The summed E-state index contributed by atoms with van der Waals surface area (Å²) in [4.78, 5) is 8.88. The molecular formula is C13H13N3O. The summed E-state index contributed by atoms with van der Waals surface area (Å²) >= 11 is 0. The molecule has 0 amide bonds. The molecule has 0 atom stereocenters. The monoisotopic (exact) mass is 227 g/mol. The van der Waals surface area contributed by atoms with Gasteiger partial charge in [0.2, 0.25) is 5.78 Å². The fraction of sp³-hybridized carbons (Fsp3) is 0.231. The van der Waals surface area contributed by atoms with Crippen LogP contribution >= 0.6 is 0 Å². The summed E-state index contributed by atoms with van der Waals surface area (Å²) < 4.78 is 7.54. The van der Waals surface area contributed by atoms with Crippen molar-refractivity contribution >= 4 is 5.78 Å². The molecule has 3 aromatic rings. The van der Waals surface area contributed by atoms with Crippen molar-refractivity contribution in [2.45, 2.75) is 20.8 Å². The second kappa shape index (κ2) is 3.45. The van der Waals surface area contributed by atoms with E-state index in [9.17, 15) is 0 Å². The largest absolute Gasteiger partial charge is 0.460 e. The van der Waals surface area contributed by atoms with Crippen molar-refractivity contribution in [3.8, 4) is 11.5 Å². The van der Waals surface area contributed by atoms with Crippen LogP contribution in [0.4, 0.5) is 0 Å². The topological polar surface area (TPSA) is 43.3 Å². The average molecular weight is 227 g/mol. The van der Waals surface area contributed by atoms with Gasteiger partial charge in [-0.25, -0.2) is 9.97 Å². The predicted molar refractivity (Wildman–Crippen MR) is 64.9 cm³/mol. The Morgan fingerprint density at radius 1 is 1.12 bits per heavy atom. The lowest BCUT2D eigenvalue weighted by Gasteiger charge is -1.98. The second-order valence-electron chi connectivity index (χ2n) is 4.25. The van der Waals surface area contributed by atoms with Crippen LogP contribution in [-0.2, 0) is 0 Å². The molecule has 0 spiro atoms. The van der Waals surface area contributed by atoms with E-state index in [4.69, 9.17) is 4.42 Å². The first-order chi connectivity index (χ1) is 8.13. The van der Waals surface area contributed by atoms with E-state index in [2.05, 4.69) is 9.97 Å². The van der Waals surface area contributed by atoms with Crippen LogP contribution in [0.3, 0.4) is 0 Å². The maximum Gasteiger partial charge on any atom is 0.234 e. The number of fused-ring (bicyclic) bond motifs is 1. The van der Waals surface area contributed by atoms with Crippen molar-refractivity contribution in [3.05, 3.63) is 41.5 Å². The normalized spacial score (nSPS) is 11.2. The number of hydrogen-bond donors (Lipinski definition) is 0. The van der Waals surface area contributed by atoms with Gasteiger partial charge < -0.3 is 4.42 Å². The fourth-order valence-electron chi connectivity index (χ4n) is 1.96. The molecule has 0 radical (unpaired) electrons. The second-order valence-corrected chi connectivity index (χ2v) is 4.25. The quantitative estimate of drug-likeness (QED) is 0.642. The minimum atomic E-state index is 0.714. The number of aryl methyl sites for hydroxylation is 3. The van der Waals surface area contributed by atoms with E-state index >= 15 is 0 Å². The molecule has 0 aliphatic rings. The molecule has 0 aromatic carbocycles. The smallest absolute Gasteiger partial charge is 0.234 e. The number of rotatable bonds is 1. The zero-order chi connectivity index (χ0) is 12.0. The Bertz CT molecular complexity index is 694. The Morgan fingerprint density at radius 3 is 2.65 bits per heavy atom. The molecule has 0 bridgehead atoms. The molecule has 3 aromatic heterocycles. The lowest BCUT2D eigenvalue weighted by Crippen LogP contribution is -1.94. The van der Waals surface area contributed by atoms with Gasteiger partial charge in [-0.1, -0.05) is 0 Å². The summed E-state index contributed by atoms with van der Waals surface area (Å²) in [5.74, 6) is 2.38. The minimum absolute atomic E-state index is 0.714. The van der Waals surface area contributed by atoms with E-state index in [-0.39, 0.29) is 0 Å². The summed E-state index contributed by atoms with van der Waals surface area (Å²) in [6.45, 7) is 5.94. The number of nitrogens with zero attached hydrogens (tertiary/aromatic N) is 3. The third-order valence-corrected chi connectivity index (χ3v) is 2.75. The molecule has 17 heavy (non-hydrogen) atoms. The van der Waals surface area contributed by atoms with Gasteiger partial charge in [0.25, 0.3) is 0 Å². The van der Waals surface area contributed by atoms with Crippen LogP contribution in [0.1, 0.15) is 17.1 Å². The molecule has 0 saturated carbocycles. The van der Waals surface area contributed by atoms with Crippen molar-refractivity contribution in [3.63, 3.8) is 0 Å². The van der Waals surface area contributed by atoms with E-state index < -0.39 is 0 Å². The van der Waals surface area contributed by atoms with Gasteiger partial charge in [0.15, 0.2) is 5.76 Å².